The average molecular weight is 463 g/mol. The van der Waals surface area contributed by atoms with E-state index in [9.17, 15) is 13.6 Å². The van der Waals surface area contributed by atoms with Gasteiger partial charge in [-0.05, 0) is 25.0 Å². The third-order valence-electron chi connectivity index (χ3n) is 6.77. The molecule has 32 heavy (non-hydrogen) atoms. The van der Waals surface area contributed by atoms with Gasteiger partial charge in [0.05, 0.1) is 30.7 Å². The van der Waals surface area contributed by atoms with Gasteiger partial charge in [0.1, 0.15) is 10.8 Å². The number of halogens is 2. The molecule has 3 aliphatic heterocycles. The molecule has 5 rings (SSSR count). The van der Waals surface area contributed by atoms with Crippen molar-refractivity contribution in [1.82, 2.24) is 9.97 Å². The molecule has 3 aliphatic rings. The van der Waals surface area contributed by atoms with Gasteiger partial charge in [-0.15, -0.1) is 0 Å². The Morgan fingerprint density at radius 2 is 2.03 bits per heavy atom. The van der Waals surface area contributed by atoms with Crippen LogP contribution in [-0.4, -0.2) is 55.3 Å². The van der Waals surface area contributed by atoms with Crippen LogP contribution in [0, 0.1) is 5.41 Å². The fraction of sp³-hybridized carbons (Fsp3) is 0.476. The SMILES string of the molecule is CN1C(=O)C(F)(F)c2c(Sc3ncc(N4CCC5(CC4)COC[C@H]5N)nc3N)cccc21. The number of anilines is 3. The number of nitrogens with two attached hydrogens (primary N) is 2. The van der Waals surface area contributed by atoms with Crippen molar-refractivity contribution in [1.29, 1.82) is 0 Å². The third kappa shape index (κ3) is 3.22. The van der Waals surface area contributed by atoms with Gasteiger partial charge in [-0.3, -0.25) is 4.79 Å². The highest BCUT2D eigenvalue weighted by Gasteiger charge is 2.53. The zero-order valence-electron chi connectivity index (χ0n) is 17.6. The lowest BCUT2D eigenvalue weighted by Crippen LogP contribution is -2.49. The Morgan fingerprint density at radius 3 is 2.69 bits per heavy atom. The summed E-state index contributed by atoms with van der Waals surface area (Å²) >= 11 is 0.988. The highest BCUT2D eigenvalue weighted by molar-refractivity contribution is 7.99. The number of nitrogen functional groups attached to an aromatic ring is 1. The van der Waals surface area contributed by atoms with Crippen molar-refractivity contribution in [3.8, 4) is 0 Å². The van der Waals surface area contributed by atoms with Crippen LogP contribution in [0.15, 0.2) is 34.3 Å². The summed E-state index contributed by atoms with van der Waals surface area (Å²) in [6, 6.07) is 4.72. The third-order valence-corrected chi connectivity index (χ3v) is 7.84. The fourth-order valence-electron chi connectivity index (χ4n) is 4.71. The van der Waals surface area contributed by atoms with Crippen LogP contribution in [0.2, 0.25) is 0 Å². The molecule has 4 N–H and O–H groups in total. The average Bonchev–Trinajstić information content (AvgIpc) is 3.21. The summed E-state index contributed by atoms with van der Waals surface area (Å²) in [6.45, 7) is 2.83. The smallest absolute Gasteiger partial charge is 0.353 e. The number of piperidine rings is 1. The predicted octanol–water partition coefficient (Wildman–Crippen LogP) is 2.22. The predicted molar refractivity (Wildman–Crippen MR) is 117 cm³/mol. The number of hydrogen-bond acceptors (Lipinski definition) is 8. The molecule has 170 valence electrons. The molecule has 0 unspecified atom stereocenters. The van der Waals surface area contributed by atoms with Crippen molar-refractivity contribution in [2.75, 3.05) is 48.9 Å². The first-order valence-corrected chi connectivity index (χ1v) is 11.2. The van der Waals surface area contributed by atoms with Crippen molar-refractivity contribution >= 4 is 35.0 Å². The molecule has 2 saturated heterocycles. The second-order valence-corrected chi connectivity index (χ2v) is 9.61. The zero-order valence-corrected chi connectivity index (χ0v) is 18.4. The number of aromatic nitrogens is 2. The molecule has 0 aliphatic carbocycles. The van der Waals surface area contributed by atoms with Gasteiger partial charge in [0.15, 0.2) is 5.82 Å². The molecule has 11 heteroatoms. The minimum Gasteiger partial charge on any atom is -0.381 e. The maximum atomic E-state index is 14.6. The number of carbonyl (C=O) groups is 1. The van der Waals surface area contributed by atoms with E-state index >= 15 is 0 Å². The van der Waals surface area contributed by atoms with Crippen molar-refractivity contribution in [3.63, 3.8) is 0 Å². The molecule has 1 aromatic carbocycles. The summed E-state index contributed by atoms with van der Waals surface area (Å²) in [6.07, 6.45) is 3.42. The maximum Gasteiger partial charge on any atom is 0.353 e. The van der Waals surface area contributed by atoms with Gasteiger partial charge in [0.25, 0.3) is 0 Å². The monoisotopic (exact) mass is 462 g/mol. The number of rotatable bonds is 3. The summed E-state index contributed by atoms with van der Waals surface area (Å²) in [5, 5.41) is 0.319. The summed E-state index contributed by atoms with van der Waals surface area (Å²) in [5.74, 6) is -4.03. The molecule has 1 amide bonds. The minimum absolute atomic E-state index is 0.0226. The van der Waals surface area contributed by atoms with E-state index in [1.54, 1.807) is 12.3 Å². The maximum absolute atomic E-state index is 14.6. The van der Waals surface area contributed by atoms with Gasteiger partial charge >= 0.3 is 11.8 Å². The van der Waals surface area contributed by atoms with Crippen LogP contribution >= 0.6 is 11.8 Å². The molecule has 4 heterocycles. The van der Waals surface area contributed by atoms with Crippen LogP contribution in [0.25, 0.3) is 0 Å². The molecule has 2 aromatic rings. The van der Waals surface area contributed by atoms with Crippen molar-refractivity contribution in [2.24, 2.45) is 11.1 Å². The standard InChI is InChI=1S/C21H24F2N6O2S/c1-28-12-3-2-4-13(16(12)21(22,23)19(28)30)32-18-17(25)27-15(9-26-18)29-7-5-20(6-8-29)11-31-10-14(20)24/h2-4,9,14H,5-8,10-11,24H2,1H3,(H2,25,27)/t14-/m1/s1. The van der Waals surface area contributed by atoms with Gasteiger partial charge in [-0.25, -0.2) is 9.97 Å². The largest absolute Gasteiger partial charge is 0.381 e. The highest BCUT2D eigenvalue weighted by Crippen LogP contribution is 2.49. The molecular formula is C21H24F2N6O2S. The second kappa shape index (κ2) is 7.53. The Hall–Kier alpha value is -2.50. The van der Waals surface area contributed by atoms with Gasteiger partial charge in [-0.1, -0.05) is 17.8 Å². The summed E-state index contributed by atoms with van der Waals surface area (Å²) in [4.78, 5) is 24.2. The molecule has 0 bridgehead atoms. The number of hydrogen-bond donors (Lipinski definition) is 2. The number of nitrogens with zero attached hydrogens (tertiary/aromatic N) is 4. The second-order valence-electron chi connectivity index (χ2n) is 8.58. The van der Waals surface area contributed by atoms with E-state index in [1.807, 2.05) is 0 Å². The first-order chi connectivity index (χ1) is 15.2. The van der Waals surface area contributed by atoms with Crippen LogP contribution < -0.4 is 21.3 Å². The molecule has 8 nitrogen and oxygen atoms in total. The van der Waals surface area contributed by atoms with Crippen LogP contribution in [-0.2, 0) is 15.5 Å². The normalized spacial score (nSPS) is 23.8. The molecule has 2 fully saturated rings. The first kappa shape index (κ1) is 21.4. The fourth-order valence-corrected chi connectivity index (χ4v) is 5.66. The first-order valence-electron chi connectivity index (χ1n) is 10.4. The summed E-state index contributed by atoms with van der Waals surface area (Å²) < 4.78 is 34.8. The highest BCUT2D eigenvalue weighted by atomic mass is 32.2. The van der Waals surface area contributed by atoms with Crippen LogP contribution in [0.5, 0.6) is 0 Å². The molecule has 1 aromatic heterocycles. The molecule has 1 spiro atoms. The van der Waals surface area contributed by atoms with Gasteiger partial charge < -0.3 is 26.0 Å². The Labute approximate surface area is 188 Å². The summed E-state index contributed by atoms with van der Waals surface area (Å²) in [5.41, 5.74) is 12.3. The van der Waals surface area contributed by atoms with Gasteiger partial charge in [0, 0.05) is 36.5 Å². The molecular weight excluding hydrogens is 438 g/mol. The van der Waals surface area contributed by atoms with Crippen LogP contribution in [0.4, 0.5) is 26.1 Å². The van der Waals surface area contributed by atoms with Crippen molar-refractivity contribution in [2.45, 2.75) is 34.7 Å². The lowest BCUT2D eigenvalue weighted by Gasteiger charge is -2.41. The Kier molecular flexibility index (Phi) is 5.02. The lowest BCUT2D eigenvalue weighted by atomic mass is 9.75. The van der Waals surface area contributed by atoms with E-state index in [0.29, 0.717) is 24.1 Å². The zero-order chi connectivity index (χ0) is 22.7. The molecule has 0 saturated carbocycles. The van der Waals surface area contributed by atoms with Crippen LogP contribution in [0.1, 0.15) is 18.4 Å². The summed E-state index contributed by atoms with van der Waals surface area (Å²) in [7, 11) is 1.34. The van der Waals surface area contributed by atoms with E-state index in [1.165, 1.54) is 19.2 Å². The van der Waals surface area contributed by atoms with E-state index in [0.717, 1.165) is 42.6 Å². The van der Waals surface area contributed by atoms with Crippen molar-refractivity contribution in [3.05, 3.63) is 30.0 Å². The minimum atomic E-state index is -3.59. The number of likely N-dealkylation sites (N-methyl/N-ethyl adjacent to an activating group) is 1. The van der Waals surface area contributed by atoms with Gasteiger partial charge in [-0.2, -0.15) is 8.78 Å². The van der Waals surface area contributed by atoms with Gasteiger partial charge in [0.2, 0.25) is 0 Å². The number of carbonyl (C=O) groups excluding carboxylic acids is 1. The lowest BCUT2D eigenvalue weighted by molar-refractivity contribution is -0.141. The topological polar surface area (TPSA) is 111 Å². The Morgan fingerprint density at radius 1 is 1.28 bits per heavy atom. The number of fused-ring (bicyclic) bond motifs is 1. The quantitative estimate of drug-likeness (QED) is 0.715. The van der Waals surface area contributed by atoms with E-state index in [-0.39, 0.29) is 33.4 Å². The molecule has 0 radical (unpaired) electrons. The van der Waals surface area contributed by atoms with E-state index < -0.39 is 11.8 Å². The van der Waals surface area contributed by atoms with Crippen LogP contribution in [0.3, 0.4) is 0 Å². The van der Waals surface area contributed by atoms with E-state index in [4.69, 9.17) is 16.2 Å². The Balaban J connectivity index is 1.36. The van der Waals surface area contributed by atoms with Crippen molar-refractivity contribution < 1.29 is 18.3 Å². The Bertz CT molecular complexity index is 1080. The number of ether oxygens (including phenoxy) is 1. The number of benzene rings is 1. The van der Waals surface area contributed by atoms with E-state index in [2.05, 4.69) is 14.9 Å². The number of amides is 1. The number of alkyl halides is 2. The molecule has 1 atom stereocenters.